The van der Waals surface area contributed by atoms with Crippen molar-refractivity contribution >= 4 is 11.8 Å². The van der Waals surface area contributed by atoms with Crippen molar-refractivity contribution in [1.82, 2.24) is 0 Å². The van der Waals surface area contributed by atoms with Crippen LogP contribution in [0.25, 0.3) is 0 Å². The van der Waals surface area contributed by atoms with Crippen molar-refractivity contribution in [2.24, 2.45) is 5.41 Å². The Kier molecular flexibility index (Phi) is 4.10. The summed E-state index contributed by atoms with van der Waals surface area (Å²) in [6.45, 7) is 7.63. The first-order valence-electron chi connectivity index (χ1n) is 5.74. The number of ether oxygens (including phenoxy) is 1. The second kappa shape index (κ2) is 5.17. The van der Waals surface area contributed by atoms with Crippen LogP contribution in [-0.4, -0.2) is 18.4 Å². The Bertz CT molecular complexity index is 415. The number of hydrogen-bond donors (Lipinski definition) is 0. The SMILES string of the molecule is CCOC(=O)c1ccc(C(=O)C(C)(C)CC)o1. The van der Waals surface area contributed by atoms with Crippen LogP contribution in [0.3, 0.4) is 0 Å². The molecular weight excluding hydrogens is 220 g/mol. The number of carbonyl (C=O) groups excluding carboxylic acids is 2. The fourth-order valence-electron chi connectivity index (χ4n) is 1.27. The fourth-order valence-corrected chi connectivity index (χ4v) is 1.27. The summed E-state index contributed by atoms with van der Waals surface area (Å²) >= 11 is 0. The Morgan fingerprint density at radius 2 is 1.82 bits per heavy atom. The molecule has 0 radical (unpaired) electrons. The van der Waals surface area contributed by atoms with E-state index >= 15 is 0 Å². The summed E-state index contributed by atoms with van der Waals surface area (Å²) in [7, 11) is 0. The van der Waals surface area contributed by atoms with E-state index in [0.717, 1.165) is 0 Å². The molecule has 4 nitrogen and oxygen atoms in total. The van der Waals surface area contributed by atoms with Crippen molar-refractivity contribution in [3.05, 3.63) is 23.7 Å². The molecule has 1 rings (SSSR count). The lowest BCUT2D eigenvalue weighted by atomic mass is 9.84. The molecule has 0 bridgehead atoms. The molecule has 0 spiro atoms. The van der Waals surface area contributed by atoms with Crippen molar-refractivity contribution in [2.45, 2.75) is 34.1 Å². The summed E-state index contributed by atoms with van der Waals surface area (Å²) in [5.41, 5.74) is -0.482. The zero-order valence-electron chi connectivity index (χ0n) is 10.7. The Morgan fingerprint density at radius 3 is 2.35 bits per heavy atom. The molecule has 0 aliphatic carbocycles. The van der Waals surface area contributed by atoms with Gasteiger partial charge in [-0.2, -0.15) is 0 Å². The molecule has 0 atom stereocenters. The maximum absolute atomic E-state index is 12.0. The Morgan fingerprint density at radius 1 is 1.24 bits per heavy atom. The van der Waals surface area contributed by atoms with Crippen molar-refractivity contribution in [3.63, 3.8) is 0 Å². The van der Waals surface area contributed by atoms with Crippen molar-refractivity contribution in [3.8, 4) is 0 Å². The van der Waals surface area contributed by atoms with Gasteiger partial charge in [0, 0.05) is 5.41 Å². The number of ketones is 1. The highest BCUT2D eigenvalue weighted by molar-refractivity contribution is 5.98. The molecule has 94 valence electrons. The number of rotatable bonds is 5. The van der Waals surface area contributed by atoms with E-state index in [2.05, 4.69) is 0 Å². The van der Waals surface area contributed by atoms with Gasteiger partial charge in [0.05, 0.1) is 6.61 Å². The summed E-state index contributed by atoms with van der Waals surface area (Å²) in [6.07, 6.45) is 0.710. The molecule has 0 unspecified atom stereocenters. The van der Waals surface area contributed by atoms with E-state index in [0.29, 0.717) is 6.42 Å². The van der Waals surface area contributed by atoms with Crippen LogP contribution in [0.5, 0.6) is 0 Å². The zero-order chi connectivity index (χ0) is 13.1. The first kappa shape index (κ1) is 13.5. The van der Waals surface area contributed by atoms with Gasteiger partial charge in [0.15, 0.2) is 5.76 Å². The smallest absolute Gasteiger partial charge is 0.374 e. The lowest BCUT2D eigenvalue weighted by molar-refractivity contribution is 0.0486. The van der Waals surface area contributed by atoms with E-state index in [-0.39, 0.29) is 23.9 Å². The minimum absolute atomic E-state index is 0.0714. The third kappa shape index (κ3) is 2.96. The van der Waals surface area contributed by atoms with E-state index in [9.17, 15) is 9.59 Å². The Hall–Kier alpha value is -1.58. The summed E-state index contributed by atoms with van der Waals surface area (Å²) in [5.74, 6) is -0.363. The van der Waals surface area contributed by atoms with Gasteiger partial charge in [-0.05, 0) is 25.5 Å². The van der Waals surface area contributed by atoms with Crippen molar-refractivity contribution in [1.29, 1.82) is 0 Å². The van der Waals surface area contributed by atoms with Crippen LogP contribution in [0.4, 0.5) is 0 Å². The van der Waals surface area contributed by atoms with Gasteiger partial charge in [0.2, 0.25) is 11.5 Å². The molecule has 0 aliphatic heterocycles. The molecule has 1 aromatic rings. The van der Waals surface area contributed by atoms with E-state index in [1.54, 1.807) is 6.92 Å². The lowest BCUT2D eigenvalue weighted by Gasteiger charge is -2.18. The Balaban J connectivity index is 2.88. The summed E-state index contributed by atoms with van der Waals surface area (Å²) in [6, 6.07) is 2.99. The predicted octanol–water partition coefficient (Wildman–Crippen LogP) is 3.08. The van der Waals surface area contributed by atoms with Gasteiger partial charge in [0.1, 0.15) is 0 Å². The van der Waals surface area contributed by atoms with Crippen LogP contribution < -0.4 is 0 Å². The Labute approximate surface area is 101 Å². The number of carbonyl (C=O) groups is 2. The normalized spacial score (nSPS) is 11.3. The molecule has 0 amide bonds. The average Bonchev–Trinajstić information content (AvgIpc) is 2.77. The molecule has 0 saturated heterocycles. The standard InChI is InChI=1S/C13H18O4/c1-5-13(3,4)11(14)9-7-8-10(17-9)12(15)16-6-2/h7-8H,5-6H2,1-4H3. The van der Waals surface area contributed by atoms with E-state index < -0.39 is 11.4 Å². The molecule has 0 saturated carbocycles. The van der Waals surface area contributed by atoms with E-state index in [1.807, 2.05) is 20.8 Å². The highest BCUT2D eigenvalue weighted by Gasteiger charge is 2.29. The monoisotopic (exact) mass is 238 g/mol. The summed E-state index contributed by atoms with van der Waals surface area (Å²) in [5, 5.41) is 0. The minimum Gasteiger partial charge on any atom is -0.460 e. The maximum Gasteiger partial charge on any atom is 0.374 e. The van der Waals surface area contributed by atoms with Crippen LogP contribution in [0, 0.1) is 5.41 Å². The molecule has 0 fully saturated rings. The van der Waals surface area contributed by atoms with Crippen molar-refractivity contribution < 1.29 is 18.7 Å². The minimum atomic E-state index is -0.541. The molecule has 0 aliphatic rings. The van der Waals surface area contributed by atoms with Crippen molar-refractivity contribution in [2.75, 3.05) is 6.61 Å². The first-order chi connectivity index (χ1) is 7.92. The third-order valence-electron chi connectivity index (χ3n) is 2.80. The summed E-state index contributed by atoms with van der Waals surface area (Å²) < 4.78 is 10.0. The second-order valence-electron chi connectivity index (χ2n) is 4.45. The molecule has 0 N–H and O–H groups in total. The van der Waals surface area contributed by atoms with E-state index in [1.165, 1.54) is 12.1 Å². The fraction of sp³-hybridized carbons (Fsp3) is 0.538. The molecule has 1 aromatic heterocycles. The van der Waals surface area contributed by atoms with Crippen LogP contribution in [0.1, 0.15) is 55.2 Å². The lowest BCUT2D eigenvalue weighted by Crippen LogP contribution is -2.22. The van der Waals surface area contributed by atoms with Crippen LogP contribution >= 0.6 is 0 Å². The van der Waals surface area contributed by atoms with Crippen LogP contribution in [0.15, 0.2) is 16.5 Å². The van der Waals surface area contributed by atoms with E-state index in [4.69, 9.17) is 9.15 Å². The molecule has 0 aromatic carbocycles. The van der Waals surface area contributed by atoms with Gasteiger partial charge in [0.25, 0.3) is 0 Å². The predicted molar refractivity (Wildman–Crippen MR) is 63.1 cm³/mol. The number of Topliss-reactive ketones (excluding diaryl/α,β-unsaturated/α-hetero) is 1. The van der Waals surface area contributed by atoms with Crippen LogP contribution in [-0.2, 0) is 4.74 Å². The quantitative estimate of drug-likeness (QED) is 0.584. The van der Waals surface area contributed by atoms with Gasteiger partial charge in [-0.25, -0.2) is 4.79 Å². The average molecular weight is 238 g/mol. The van der Waals surface area contributed by atoms with Gasteiger partial charge < -0.3 is 9.15 Å². The van der Waals surface area contributed by atoms with Gasteiger partial charge >= 0.3 is 5.97 Å². The number of hydrogen-bond acceptors (Lipinski definition) is 4. The van der Waals surface area contributed by atoms with Gasteiger partial charge in [-0.1, -0.05) is 20.8 Å². The zero-order valence-corrected chi connectivity index (χ0v) is 10.7. The molecule has 4 heteroatoms. The van der Waals surface area contributed by atoms with Gasteiger partial charge in [-0.15, -0.1) is 0 Å². The van der Waals surface area contributed by atoms with Gasteiger partial charge in [-0.3, -0.25) is 4.79 Å². The summed E-state index contributed by atoms with van der Waals surface area (Å²) in [4.78, 5) is 23.4. The number of esters is 1. The topological polar surface area (TPSA) is 56.5 Å². The highest BCUT2D eigenvalue weighted by atomic mass is 16.5. The highest BCUT2D eigenvalue weighted by Crippen LogP contribution is 2.26. The second-order valence-corrected chi connectivity index (χ2v) is 4.45. The maximum atomic E-state index is 12.0. The largest absolute Gasteiger partial charge is 0.460 e. The third-order valence-corrected chi connectivity index (χ3v) is 2.80. The molecular formula is C13H18O4. The molecule has 17 heavy (non-hydrogen) atoms. The van der Waals surface area contributed by atoms with Crippen LogP contribution in [0.2, 0.25) is 0 Å². The first-order valence-corrected chi connectivity index (χ1v) is 5.74. The number of furan rings is 1. The molecule has 1 heterocycles.